The zero-order valence-electron chi connectivity index (χ0n) is 15.4. The van der Waals surface area contributed by atoms with Gasteiger partial charge in [0.15, 0.2) is 5.69 Å². The molecule has 6 heteroatoms. The van der Waals surface area contributed by atoms with E-state index in [1.807, 2.05) is 18.2 Å². The Kier molecular flexibility index (Phi) is 7.26. The second kappa shape index (κ2) is 9.43. The van der Waals surface area contributed by atoms with Gasteiger partial charge in [-0.25, -0.2) is 9.64 Å². The number of benzene rings is 1. The van der Waals surface area contributed by atoms with Crippen molar-refractivity contribution >= 4 is 22.7 Å². The highest BCUT2D eigenvalue weighted by molar-refractivity contribution is 5.87. The van der Waals surface area contributed by atoms with E-state index in [4.69, 9.17) is 6.57 Å². The summed E-state index contributed by atoms with van der Waals surface area (Å²) in [6.07, 6.45) is 3.86. The third-order valence-corrected chi connectivity index (χ3v) is 5.19. The number of carbonyl (C=O) groups excluding carboxylic acids is 1. The van der Waals surface area contributed by atoms with E-state index in [2.05, 4.69) is 37.9 Å². The average Bonchev–Trinajstić information content (AvgIpc) is 3.30. The number of rotatable bonds is 8. The van der Waals surface area contributed by atoms with Gasteiger partial charge in [0.2, 0.25) is 0 Å². The summed E-state index contributed by atoms with van der Waals surface area (Å²) in [5.74, 6) is 1.24. The summed E-state index contributed by atoms with van der Waals surface area (Å²) in [5.41, 5.74) is 3.15. The van der Waals surface area contributed by atoms with Gasteiger partial charge in [0.1, 0.15) is 0 Å². The number of amides is 1. The van der Waals surface area contributed by atoms with Crippen LogP contribution in [0.4, 0.5) is 10.5 Å². The monoisotopic (exact) mass is 370 g/mol. The van der Waals surface area contributed by atoms with Crippen molar-refractivity contribution in [1.29, 1.82) is 0 Å². The molecule has 6 nitrogen and oxygen atoms in total. The highest BCUT2D eigenvalue weighted by Crippen LogP contribution is 2.50. The van der Waals surface area contributed by atoms with Crippen molar-refractivity contribution in [2.24, 2.45) is 5.92 Å². The molecular weight excluding hydrogens is 340 g/mol. The first-order valence-electron chi connectivity index (χ1n) is 9.19. The number of carbonyl (C=O) groups is 1. The van der Waals surface area contributed by atoms with E-state index < -0.39 is 0 Å². The number of aromatic amines is 1. The number of ether oxygens (including phenoxy) is 1. The second-order valence-corrected chi connectivity index (χ2v) is 6.85. The van der Waals surface area contributed by atoms with Crippen LogP contribution < -0.4 is 5.32 Å². The fourth-order valence-electron chi connectivity index (χ4n) is 3.61. The van der Waals surface area contributed by atoms with Gasteiger partial charge in [-0.3, -0.25) is 0 Å². The fraction of sp³-hybridized carbons (Fsp3) is 0.524. The molecule has 27 heavy (non-hydrogen) atoms. The quantitative estimate of drug-likeness (QED) is 0.530. The Hall–Kier alpha value is -2.52. The first-order valence-corrected chi connectivity index (χ1v) is 9.19. The topological polar surface area (TPSA) is 61.7 Å². The molecule has 1 saturated carbocycles. The van der Waals surface area contributed by atoms with E-state index >= 15 is 0 Å². The molecular formula is C21H30N4O2. The van der Waals surface area contributed by atoms with Gasteiger partial charge in [-0.2, -0.15) is 0 Å². The Labute approximate surface area is 161 Å². The number of methoxy groups -OCH3 is 1. The molecule has 0 aliphatic heterocycles. The van der Waals surface area contributed by atoms with Crippen molar-refractivity contribution in [1.82, 2.24) is 15.2 Å². The summed E-state index contributed by atoms with van der Waals surface area (Å²) >= 11 is 0. The molecule has 0 spiro atoms. The van der Waals surface area contributed by atoms with Gasteiger partial charge in [0.05, 0.1) is 13.7 Å². The highest BCUT2D eigenvalue weighted by atomic mass is 16.5. The van der Waals surface area contributed by atoms with Crippen molar-refractivity contribution in [3.05, 3.63) is 41.4 Å². The molecule has 1 fully saturated rings. The number of fused-ring (bicyclic) bond motifs is 1. The number of H-pyrrole nitrogens is 1. The van der Waals surface area contributed by atoms with Gasteiger partial charge in [-0.15, -0.1) is 0 Å². The van der Waals surface area contributed by atoms with Crippen molar-refractivity contribution in [3.63, 3.8) is 0 Å². The Bertz CT molecular complexity index is 808. The van der Waals surface area contributed by atoms with Crippen molar-refractivity contribution in [2.45, 2.75) is 33.1 Å². The van der Waals surface area contributed by atoms with Crippen LogP contribution in [0.1, 0.15) is 38.7 Å². The van der Waals surface area contributed by atoms with E-state index in [0.717, 1.165) is 31.6 Å². The molecule has 2 atom stereocenters. The van der Waals surface area contributed by atoms with Crippen LogP contribution in [-0.2, 0) is 4.74 Å². The van der Waals surface area contributed by atoms with Gasteiger partial charge in [0.25, 0.3) is 0 Å². The lowest BCUT2D eigenvalue weighted by molar-refractivity contribution is 0.170. The molecule has 1 aromatic carbocycles. The zero-order valence-corrected chi connectivity index (χ0v) is 15.4. The highest BCUT2D eigenvalue weighted by Gasteiger charge is 2.40. The molecule has 3 rings (SSSR count). The molecule has 2 N–H and O–H groups in total. The van der Waals surface area contributed by atoms with Gasteiger partial charge in [-0.1, -0.05) is 20.4 Å². The smallest absolute Gasteiger partial charge is 0.406 e. The number of aromatic nitrogens is 1. The average molecular weight is 370 g/mol. The molecule has 0 bridgehead atoms. The zero-order chi connectivity index (χ0) is 18.5. The van der Waals surface area contributed by atoms with Crippen LogP contribution in [0.3, 0.4) is 0 Å². The largest absolute Gasteiger partial charge is 0.453 e. The number of nitrogens with zero attached hydrogens (tertiary/aromatic N) is 2. The Morgan fingerprint density at radius 1 is 1.48 bits per heavy atom. The number of hydrogen-bond donors (Lipinski definition) is 2. The van der Waals surface area contributed by atoms with Gasteiger partial charge in [0, 0.05) is 24.8 Å². The Balaban J connectivity index is 0.00000261. The van der Waals surface area contributed by atoms with Crippen LogP contribution in [0.15, 0.2) is 24.4 Å². The van der Waals surface area contributed by atoms with E-state index in [1.165, 1.54) is 24.5 Å². The normalized spacial score (nSPS) is 18.0. The molecule has 0 radical (unpaired) electrons. The first-order chi connectivity index (χ1) is 12.7. The van der Waals surface area contributed by atoms with Crippen molar-refractivity contribution in [2.75, 3.05) is 33.3 Å². The minimum absolute atomic E-state index is 0. The second-order valence-electron chi connectivity index (χ2n) is 6.85. The standard InChI is InChI=1S/C20H26N4O2.CH4/c1-4-24(9-5-8-22-20(25)26-3)13-14-10-16(14)18-12-23-19-7-6-15(21-2)11-17(18)19;/h6-7,11-12,14,16,23H,4-5,8-10,13H2,1,3H3,(H,22,25);1H4. The first kappa shape index (κ1) is 20.8. The predicted molar refractivity (Wildman–Crippen MR) is 109 cm³/mol. The SMILES string of the molecule is C.[C-]#[N+]c1ccc2[nH]cc(C3CC3CN(CC)CCCNC(=O)OC)c2c1. The Morgan fingerprint density at radius 2 is 2.30 bits per heavy atom. The molecule has 2 unspecified atom stereocenters. The number of nitrogens with one attached hydrogen (secondary N) is 2. The molecule has 1 aliphatic carbocycles. The lowest BCUT2D eigenvalue weighted by atomic mass is 10.1. The van der Waals surface area contributed by atoms with Crippen LogP contribution in [0.2, 0.25) is 0 Å². The van der Waals surface area contributed by atoms with Crippen LogP contribution >= 0.6 is 0 Å². The van der Waals surface area contributed by atoms with Gasteiger partial charge >= 0.3 is 6.09 Å². The molecule has 0 saturated heterocycles. The van der Waals surface area contributed by atoms with E-state index in [-0.39, 0.29) is 13.5 Å². The molecule has 2 aromatic rings. The predicted octanol–water partition coefficient (Wildman–Crippen LogP) is 4.53. The number of hydrogen-bond acceptors (Lipinski definition) is 3. The maximum Gasteiger partial charge on any atom is 0.406 e. The van der Waals surface area contributed by atoms with Crippen LogP contribution in [0.5, 0.6) is 0 Å². The fourth-order valence-corrected chi connectivity index (χ4v) is 3.61. The van der Waals surface area contributed by atoms with Gasteiger partial charge in [-0.05, 0) is 60.8 Å². The molecule has 146 valence electrons. The molecule has 1 amide bonds. The summed E-state index contributed by atoms with van der Waals surface area (Å²) < 4.78 is 4.58. The molecule has 1 aliphatic rings. The summed E-state index contributed by atoms with van der Waals surface area (Å²) in [6.45, 7) is 13.1. The van der Waals surface area contributed by atoms with E-state index in [1.54, 1.807) is 0 Å². The van der Waals surface area contributed by atoms with Crippen molar-refractivity contribution in [3.8, 4) is 0 Å². The lowest BCUT2D eigenvalue weighted by Gasteiger charge is -2.20. The summed E-state index contributed by atoms with van der Waals surface area (Å²) in [5, 5.41) is 3.92. The van der Waals surface area contributed by atoms with Crippen LogP contribution in [0, 0.1) is 12.5 Å². The molecule has 1 aromatic heterocycles. The number of alkyl carbamates (subject to hydrolysis) is 1. The lowest BCUT2D eigenvalue weighted by Crippen LogP contribution is -2.31. The Morgan fingerprint density at radius 3 is 3.00 bits per heavy atom. The maximum atomic E-state index is 11.1. The van der Waals surface area contributed by atoms with Crippen LogP contribution in [0.25, 0.3) is 15.7 Å². The van der Waals surface area contributed by atoms with E-state index in [9.17, 15) is 4.79 Å². The molecule has 1 heterocycles. The third-order valence-electron chi connectivity index (χ3n) is 5.19. The minimum Gasteiger partial charge on any atom is -0.453 e. The summed E-state index contributed by atoms with van der Waals surface area (Å²) in [6, 6.07) is 5.86. The van der Waals surface area contributed by atoms with E-state index in [0.29, 0.717) is 24.1 Å². The van der Waals surface area contributed by atoms with Gasteiger partial charge < -0.3 is 19.9 Å². The minimum atomic E-state index is -0.367. The van der Waals surface area contributed by atoms with Crippen LogP contribution in [-0.4, -0.2) is 49.3 Å². The summed E-state index contributed by atoms with van der Waals surface area (Å²) in [4.78, 5) is 20.4. The third kappa shape index (κ3) is 5.01. The van der Waals surface area contributed by atoms with Crippen molar-refractivity contribution < 1.29 is 9.53 Å². The summed E-state index contributed by atoms with van der Waals surface area (Å²) in [7, 11) is 1.38. The maximum absolute atomic E-state index is 11.1.